The van der Waals surface area contributed by atoms with Gasteiger partial charge in [-0.05, 0) is 43.0 Å². The van der Waals surface area contributed by atoms with E-state index in [1.807, 2.05) is 13.8 Å². The predicted octanol–water partition coefficient (Wildman–Crippen LogP) is 2.70. The lowest BCUT2D eigenvalue weighted by Crippen LogP contribution is -2.36. The third-order valence-corrected chi connectivity index (χ3v) is 4.03. The van der Waals surface area contributed by atoms with Crippen molar-refractivity contribution in [3.05, 3.63) is 29.8 Å². The Morgan fingerprint density at radius 1 is 1.20 bits per heavy atom. The van der Waals surface area contributed by atoms with Gasteiger partial charge in [0, 0.05) is 30.3 Å². The lowest BCUT2D eigenvalue weighted by molar-refractivity contribution is -0.140. The van der Waals surface area contributed by atoms with Crippen LogP contribution in [0.15, 0.2) is 24.3 Å². The third-order valence-electron chi connectivity index (χ3n) is 4.03. The minimum atomic E-state index is -0.334. The number of hydrogen-bond donors (Lipinski definition) is 1. The number of nitrogens with one attached hydrogen (secondary N) is 1. The van der Waals surface area contributed by atoms with Crippen LogP contribution in [0.1, 0.15) is 43.5 Å². The molecule has 1 aliphatic carbocycles. The number of rotatable bonds is 8. The lowest BCUT2D eigenvalue weighted by atomic mass is 10.1. The van der Waals surface area contributed by atoms with Crippen LogP contribution in [0.25, 0.3) is 0 Å². The summed E-state index contributed by atoms with van der Waals surface area (Å²) in [6, 6.07) is 6.88. The van der Waals surface area contributed by atoms with Crippen molar-refractivity contribution in [3.8, 4) is 0 Å². The molecule has 2 rings (SSSR count). The van der Waals surface area contributed by atoms with Crippen molar-refractivity contribution in [2.24, 2.45) is 11.8 Å². The second-order valence-corrected chi connectivity index (χ2v) is 6.81. The van der Waals surface area contributed by atoms with E-state index in [0.29, 0.717) is 30.3 Å². The average Bonchev–Trinajstić information content (AvgIpc) is 3.43. The van der Waals surface area contributed by atoms with Crippen LogP contribution >= 0.6 is 0 Å². The number of anilines is 1. The zero-order valence-electron chi connectivity index (χ0n) is 15.1. The average molecular weight is 346 g/mol. The minimum absolute atomic E-state index is 0.0404. The molecule has 1 aliphatic rings. The zero-order valence-corrected chi connectivity index (χ0v) is 15.1. The van der Waals surface area contributed by atoms with Gasteiger partial charge in [0.15, 0.2) is 0 Å². The van der Waals surface area contributed by atoms with Crippen LogP contribution in [-0.4, -0.2) is 42.9 Å². The highest BCUT2D eigenvalue weighted by Gasteiger charge is 2.29. The van der Waals surface area contributed by atoms with E-state index in [0.717, 1.165) is 12.8 Å². The molecule has 1 fully saturated rings. The fraction of sp³-hybridized carbons (Fsp3) is 0.526. The first kappa shape index (κ1) is 19.0. The monoisotopic (exact) mass is 346 g/mol. The van der Waals surface area contributed by atoms with E-state index in [4.69, 9.17) is 0 Å². The topological polar surface area (TPSA) is 75.7 Å². The molecule has 0 spiro atoms. The van der Waals surface area contributed by atoms with Crippen molar-refractivity contribution in [1.82, 2.24) is 4.90 Å². The number of amides is 2. The van der Waals surface area contributed by atoms with Crippen LogP contribution < -0.4 is 5.32 Å². The smallest absolute Gasteiger partial charge is 0.307 e. The number of nitrogens with zero attached hydrogens (tertiary/aromatic N) is 1. The molecule has 1 aromatic carbocycles. The van der Waals surface area contributed by atoms with Crippen molar-refractivity contribution >= 4 is 23.5 Å². The summed E-state index contributed by atoms with van der Waals surface area (Å²) in [6.45, 7) is 4.93. The second kappa shape index (κ2) is 8.65. The van der Waals surface area contributed by atoms with Gasteiger partial charge < -0.3 is 15.0 Å². The first-order valence-corrected chi connectivity index (χ1v) is 8.67. The van der Waals surface area contributed by atoms with E-state index >= 15 is 0 Å². The molecule has 0 radical (unpaired) electrons. The molecule has 0 atom stereocenters. The Balaban J connectivity index is 2.00. The van der Waals surface area contributed by atoms with Crippen molar-refractivity contribution in [2.75, 3.05) is 25.5 Å². The minimum Gasteiger partial charge on any atom is -0.469 e. The summed E-state index contributed by atoms with van der Waals surface area (Å²) in [7, 11) is 1.34. The molecule has 6 heteroatoms. The molecule has 6 nitrogen and oxygen atoms in total. The number of ether oxygens (including phenoxy) is 1. The molecule has 0 heterocycles. The van der Waals surface area contributed by atoms with Crippen LogP contribution in [0.2, 0.25) is 0 Å². The normalized spacial score (nSPS) is 13.4. The van der Waals surface area contributed by atoms with Crippen molar-refractivity contribution in [2.45, 2.75) is 33.1 Å². The Labute approximate surface area is 148 Å². The van der Waals surface area contributed by atoms with E-state index in [2.05, 4.69) is 10.1 Å². The fourth-order valence-electron chi connectivity index (χ4n) is 2.51. The molecule has 1 N–H and O–H groups in total. The molecule has 0 aromatic heterocycles. The fourth-order valence-corrected chi connectivity index (χ4v) is 2.51. The maximum absolute atomic E-state index is 12.7. The summed E-state index contributed by atoms with van der Waals surface area (Å²) in [6.07, 6.45) is 2.07. The quantitative estimate of drug-likeness (QED) is 0.734. The van der Waals surface area contributed by atoms with Gasteiger partial charge in [-0.3, -0.25) is 14.4 Å². The molecule has 1 saturated carbocycles. The van der Waals surface area contributed by atoms with Crippen LogP contribution in [-0.2, 0) is 14.3 Å². The molecule has 1 aromatic rings. The van der Waals surface area contributed by atoms with Gasteiger partial charge in [-0.15, -0.1) is 0 Å². The first-order chi connectivity index (χ1) is 11.9. The number of benzene rings is 1. The van der Waals surface area contributed by atoms with Crippen LogP contribution in [0, 0.1) is 11.8 Å². The van der Waals surface area contributed by atoms with Gasteiger partial charge in [0.2, 0.25) is 5.91 Å². The van der Waals surface area contributed by atoms with Crippen molar-refractivity contribution in [1.29, 1.82) is 0 Å². The summed E-state index contributed by atoms with van der Waals surface area (Å²) in [5.41, 5.74) is 1.23. The van der Waals surface area contributed by atoms with Crippen molar-refractivity contribution < 1.29 is 19.1 Å². The molecular formula is C19H26N2O4. The first-order valence-electron chi connectivity index (χ1n) is 8.67. The van der Waals surface area contributed by atoms with Crippen LogP contribution in [0.5, 0.6) is 0 Å². The molecule has 0 saturated heterocycles. The SMILES string of the molecule is COC(=O)CCN(CC(C)C)C(=O)c1ccc(NC(=O)C2CC2)cc1. The Morgan fingerprint density at radius 2 is 1.84 bits per heavy atom. The molecule has 2 amide bonds. The molecule has 136 valence electrons. The van der Waals surface area contributed by atoms with Gasteiger partial charge in [0.05, 0.1) is 13.5 Å². The summed E-state index contributed by atoms with van der Waals surface area (Å²) in [5.74, 6) is 0.0100. The van der Waals surface area contributed by atoms with E-state index in [1.54, 1.807) is 29.2 Å². The maximum Gasteiger partial charge on any atom is 0.307 e. The summed E-state index contributed by atoms with van der Waals surface area (Å²) in [4.78, 5) is 37.5. The molecule has 0 unspecified atom stereocenters. The second-order valence-electron chi connectivity index (χ2n) is 6.81. The molecule has 25 heavy (non-hydrogen) atoms. The van der Waals surface area contributed by atoms with Gasteiger partial charge in [0.1, 0.15) is 0 Å². The van der Waals surface area contributed by atoms with Gasteiger partial charge in [0.25, 0.3) is 5.91 Å². The molecular weight excluding hydrogens is 320 g/mol. The Kier molecular flexibility index (Phi) is 6.56. The highest BCUT2D eigenvalue weighted by Crippen LogP contribution is 2.30. The van der Waals surface area contributed by atoms with E-state index < -0.39 is 0 Å². The highest BCUT2D eigenvalue weighted by molar-refractivity contribution is 5.97. The number of carbonyl (C=O) groups is 3. The zero-order chi connectivity index (χ0) is 18.4. The Morgan fingerprint density at radius 3 is 2.36 bits per heavy atom. The third kappa shape index (κ3) is 5.89. The van der Waals surface area contributed by atoms with Crippen LogP contribution in [0.4, 0.5) is 5.69 Å². The van der Waals surface area contributed by atoms with E-state index in [1.165, 1.54) is 7.11 Å². The van der Waals surface area contributed by atoms with Gasteiger partial charge in [-0.2, -0.15) is 0 Å². The van der Waals surface area contributed by atoms with Crippen LogP contribution in [0.3, 0.4) is 0 Å². The number of esters is 1. The molecule has 0 bridgehead atoms. The lowest BCUT2D eigenvalue weighted by Gasteiger charge is -2.24. The summed E-state index contributed by atoms with van der Waals surface area (Å²) < 4.78 is 4.65. The maximum atomic E-state index is 12.7. The van der Waals surface area contributed by atoms with E-state index in [9.17, 15) is 14.4 Å². The Bertz CT molecular complexity index is 621. The van der Waals surface area contributed by atoms with Gasteiger partial charge in [-0.1, -0.05) is 13.8 Å². The number of hydrogen-bond acceptors (Lipinski definition) is 4. The Hall–Kier alpha value is -2.37. The number of methoxy groups -OCH3 is 1. The van der Waals surface area contributed by atoms with Gasteiger partial charge in [-0.25, -0.2) is 0 Å². The predicted molar refractivity (Wildman–Crippen MR) is 95.2 cm³/mol. The van der Waals surface area contributed by atoms with Crippen molar-refractivity contribution in [3.63, 3.8) is 0 Å². The standard InChI is InChI=1S/C19H26N2O4/c1-13(2)12-21(11-10-17(22)25-3)19(24)15-6-8-16(9-7-15)20-18(23)14-4-5-14/h6-9,13-14H,4-5,10-12H2,1-3H3,(H,20,23). The summed E-state index contributed by atoms with van der Waals surface area (Å²) in [5, 5.41) is 2.85. The number of carbonyl (C=O) groups excluding carboxylic acids is 3. The van der Waals surface area contributed by atoms with Gasteiger partial charge >= 0.3 is 5.97 Å². The largest absolute Gasteiger partial charge is 0.469 e. The van der Waals surface area contributed by atoms with E-state index in [-0.39, 0.29) is 30.1 Å². The molecule has 0 aliphatic heterocycles. The highest BCUT2D eigenvalue weighted by atomic mass is 16.5. The summed E-state index contributed by atoms with van der Waals surface area (Å²) >= 11 is 0.